The predicted molar refractivity (Wildman–Crippen MR) is 65.9 cm³/mol. The second-order valence-corrected chi connectivity index (χ2v) is 3.79. The van der Waals surface area contributed by atoms with Gasteiger partial charge in [0, 0.05) is 23.1 Å². The van der Waals surface area contributed by atoms with Gasteiger partial charge < -0.3 is 15.6 Å². The summed E-state index contributed by atoms with van der Waals surface area (Å²) in [5, 5.41) is 5.98. The Balaban J connectivity index is 1.83. The quantitative estimate of drug-likeness (QED) is 0.783. The Morgan fingerprint density at radius 1 is 1.35 bits per heavy atom. The second kappa shape index (κ2) is 5.36. The maximum atomic E-state index is 11.5. The molecule has 1 heterocycles. The number of aromatic nitrogens is 2. The van der Waals surface area contributed by atoms with Crippen molar-refractivity contribution < 1.29 is 4.79 Å². The number of urea groups is 1. The van der Waals surface area contributed by atoms with Crippen molar-refractivity contribution in [1.82, 2.24) is 15.3 Å². The average Bonchev–Trinajstić information content (AvgIpc) is 2.83. The van der Waals surface area contributed by atoms with Gasteiger partial charge in [-0.05, 0) is 24.3 Å². The number of amides is 2. The standard InChI is InChI=1S/C11H11ClN4O/c12-8-1-3-9(4-2-8)16-11(17)15-7-10-13-5-6-14-10/h1-6H,7H2,(H,13,14)(H2,15,16,17). The highest BCUT2D eigenvalue weighted by Crippen LogP contribution is 2.12. The van der Waals surface area contributed by atoms with E-state index in [0.29, 0.717) is 23.1 Å². The number of carbonyl (C=O) groups is 1. The molecule has 1 aromatic heterocycles. The van der Waals surface area contributed by atoms with Crippen molar-refractivity contribution in [3.8, 4) is 0 Å². The van der Waals surface area contributed by atoms with Crippen LogP contribution in [0.15, 0.2) is 36.7 Å². The molecule has 1 aromatic carbocycles. The Morgan fingerprint density at radius 3 is 2.76 bits per heavy atom. The molecule has 5 nitrogen and oxygen atoms in total. The Bertz CT molecular complexity index is 481. The zero-order valence-corrected chi connectivity index (χ0v) is 9.66. The van der Waals surface area contributed by atoms with Crippen LogP contribution in [0.3, 0.4) is 0 Å². The minimum atomic E-state index is -0.288. The molecule has 0 saturated heterocycles. The summed E-state index contributed by atoms with van der Waals surface area (Å²) in [6.07, 6.45) is 3.34. The fourth-order valence-electron chi connectivity index (χ4n) is 1.27. The summed E-state index contributed by atoms with van der Waals surface area (Å²) in [7, 11) is 0. The van der Waals surface area contributed by atoms with E-state index in [1.54, 1.807) is 36.7 Å². The molecule has 17 heavy (non-hydrogen) atoms. The Kier molecular flexibility index (Phi) is 3.62. The van der Waals surface area contributed by atoms with Crippen molar-refractivity contribution in [2.45, 2.75) is 6.54 Å². The lowest BCUT2D eigenvalue weighted by Crippen LogP contribution is -2.28. The molecule has 6 heteroatoms. The number of hydrogen-bond donors (Lipinski definition) is 3. The number of H-pyrrole nitrogens is 1. The third-order valence-electron chi connectivity index (χ3n) is 2.07. The van der Waals surface area contributed by atoms with Crippen molar-refractivity contribution in [3.63, 3.8) is 0 Å². The van der Waals surface area contributed by atoms with Crippen molar-refractivity contribution in [2.75, 3.05) is 5.32 Å². The summed E-state index contributed by atoms with van der Waals surface area (Å²) in [5.74, 6) is 0.705. The van der Waals surface area contributed by atoms with Crippen LogP contribution in [-0.2, 0) is 6.54 Å². The number of aromatic amines is 1. The van der Waals surface area contributed by atoms with Gasteiger partial charge in [-0.1, -0.05) is 11.6 Å². The molecule has 0 fully saturated rings. The summed E-state index contributed by atoms with van der Waals surface area (Å²) in [5.41, 5.74) is 0.686. The molecular formula is C11H11ClN4O. The van der Waals surface area contributed by atoms with Crippen LogP contribution in [-0.4, -0.2) is 16.0 Å². The first kappa shape index (κ1) is 11.5. The molecule has 88 valence electrons. The summed E-state index contributed by atoms with van der Waals surface area (Å²) in [6, 6.07) is 6.60. The zero-order chi connectivity index (χ0) is 12.1. The van der Waals surface area contributed by atoms with Crippen LogP contribution in [0.1, 0.15) is 5.82 Å². The number of benzene rings is 1. The van der Waals surface area contributed by atoms with Crippen LogP contribution < -0.4 is 10.6 Å². The molecule has 0 aliphatic heterocycles. The normalized spacial score (nSPS) is 9.94. The van der Waals surface area contributed by atoms with Crippen LogP contribution in [0.5, 0.6) is 0 Å². The van der Waals surface area contributed by atoms with Crippen LogP contribution in [0.4, 0.5) is 10.5 Å². The highest BCUT2D eigenvalue weighted by Gasteiger charge is 2.02. The van der Waals surface area contributed by atoms with Crippen molar-refractivity contribution >= 4 is 23.3 Å². The van der Waals surface area contributed by atoms with Gasteiger partial charge in [0.05, 0.1) is 6.54 Å². The molecule has 0 atom stereocenters. The molecule has 2 amide bonds. The molecule has 2 rings (SSSR count). The van der Waals surface area contributed by atoms with Crippen LogP contribution in [0, 0.1) is 0 Å². The Labute approximate surface area is 103 Å². The molecule has 0 unspecified atom stereocenters. The number of nitrogens with zero attached hydrogens (tertiary/aromatic N) is 1. The molecule has 3 N–H and O–H groups in total. The van der Waals surface area contributed by atoms with E-state index in [1.807, 2.05) is 0 Å². The fourth-order valence-corrected chi connectivity index (χ4v) is 1.39. The van der Waals surface area contributed by atoms with Crippen molar-refractivity contribution in [1.29, 1.82) is 0 Å². The molecule has 2 aromatic rings. The van der Waals surface area contributed by atoms with Crippen LogP contribution in [0.2, 0.25) is 5.02 Å². The van der Waals surface area contributed by atoms with Crippen LogP contribution >= 0.6 is 11.6 Å². The number of rotatable bonds is 3. The largest absolute Gasteiger partial charge is 0.347 e. The Morgan fingerprint density at radius 2 is 2.12 bits per heavy atom. The summed E-state index contributed by atoms with van der Waals surface area (Å²) in [4.78, 5) is 18.4. The van der Waals surface area contributed by atoms with E-state index >= 15 is 0 Å². The first-order chi connectivity index (χ1) is 8.24. The van der Waals surface area contributed by atoms with E-state index in [2.05, 4.69) is 20.6 Å². The average molecular weight is 251 g/mol. The molecule has 0 aliphatic rings. The lowest BCUT2D eigenvalue weighted by Gasteiger charge is -2.06. The van der Waals surface area contributed by atoms with Gasteiger partial charge in [0.1, 0.15) is 5.82 Å². The number of imidazole rings is 1. The van der Waals surface area contributed by atoms with Gasteiger partial charge in [0.25, 0.3) is 0 Å². The maximum absolute atomic E-state index is 11.5. The molecule has 0 saturated carbocycles. The number of halogens is 1. The summed E-state index contributed by atoms with van der Waals surface area (Å²) in [6.45, 7) is 0.354. The van der Waals surface area contributed by atoms with Gasteiger partial charge in [-0.3, -0.25) is 0 Å². The van der Waals surface area contributed by atoms with E-state index in [1.165, 1.54) is 0 Å². The van der Waals surface area contributed by atoms with Crippen LogP contribution in [0.25, 0.3) is 0 Å². The van der Waals surface area contributed by atoms with E-state index < -0.39 is 0 Å². The number of nitrogens with one attached hydrogen (secondary N) is 3. The smallest absolute Gasteiger partial charge is 0.319 e. The van der Waals surface area contributed by atoms with E-state index in [-0.39, 0.29) is 6.03 Å². The molecule has 0 radical (unpaired) electrons. The molecule has 0 bridgehead atoms. The predicted octanol–water partition coefficient (Wildman–Crippen LogP) is 2.38. The minimum absolute atomic E-state index is 0.288. The van der Waals surface area contributed by atoms with Gasteiger partial charge in [0.15, 0.2) is 0 Å². The van der Waals surface area contributed by atoms with Gasteiger partial charge in [-0.2, -0.15) is 0 Å². The first-order valence-corrected chi connectivity index (χ1v) is 5.40. The Hall–Kier alpha value is -2.01. The van der Waals surface area contributed by atoms with Gasteiger partial charge >= 0.3 is 6.03 Å². The number of carbonyl (C=O) groups excluding carboxylic acids is 1. The molecule has 0 spiro atoms. The summed E-state index contributed by atoms with van der Waals surface area (Å²) >= 11 is 5.74. The highest BCUT2D eigenvalue weighted by molar-refractivity contribution is 6.30. The maximum Gasteiger partial charge on any atom is 0.319 e. The first-order valence-electron chi connectivity index (χ1n) is 5.03. The van der Waals surface area contributed by atoms with Gasteiger partial charge in [0.2, 0.25) is 0 Å². The molecule has 0 aliphatic carbocycles. The lowest BCUT2D eigenvalue weighted by molar-refractivity contribution is 0.251. The van der Waals surface area contributed by atoms with Gasteiger partial charge in [-0.25, -0.2) is 9.78 Å². The van der Waals surface area contributed by atoms with E-state index in [0.717, 1.165) is 0 Å². The topological polar surface area (TPSA) is 69.8 Å². The number of hydrogen-bond acceptors (Lipinski definition) is 2. The minimum Gasteiger partial charge on any atom is -0.347 e. The fraction of sp³-hybridized carbons (Fsp3) is 0.0909. The zero-order valence-electron chi connectivity index (χ0n) is 8.90. The van der Waals surface area contributed by atoms with Crippen molar-refractivity contribution in [3.05, 3.63) is 47.5 Å². The van der Waals surface area contributed by atoms with Gasteiger partial charge in [-0.15, -0.1) is 0 Å². The third kappa shape index (κ3) is 3.49. The number of anilines is 1. The SMILES string of the molecule is O=C(NCc1ncc[nH]1)Nc1ccc(Cl)cc1. The highest BCUT2D eigenvalue weighted by atomic mass is 35.5. The van der Waals surface area contributed by atoms with Crippen molar-refractivity contribution in [2.24, 2.45) is 0 Å². The monoisotopic (exact) mass is 250 g/mol. The summed E-state index contributed by atoms with van der Waals surface area (Å²) < 4.78 is 0. The lowest BCUT2D eigenvalue weighted by atomic mass is 10.3. The van der Waals surface area contributed by atoms with E-state index in [9.17, 15) is 4.79 Å². The molecular weight excluding hydrogens is 240 g/mol. The van der Waals surface area contributed by atoms with E-state index in [4.69, 9.17) is 11.6 Å². The third-order valence-corrected chi connectivity index (χ3v) is 2.33. The second-order valence-electron chi connectivity index (χ2n) is 3.35.